The smallest absolute Gasteiger partial charge is 0.142 e. The summed E-state index contributed by atoms with van der Waals surface area (Å²) in [6.07, 6.45) is 5.49. The van der Waals surface area contributed by atoms with Crippen molar-refractivity contribution < 1.29 is 14.0 Å². The molecule has 0 bridgehead atoms. The third kappa shape index (κ3) is 4.47. The van der Waals surface area contributed by atoms with E-state index in [2.05, 4.69) is 21.9 Å². The van der Waals surface area contributed by atoms with Gasteiger partial charge in [-0.25, -0.2) is 4.98 Å². The molecule has 1 unspecified atom stereocenters. The second-order valence-electron chi connectivity index (χ2n) is 5.89. The van der Waals surface area contributed by atoms with E-state index >= 15 is 0 Å². The van der Waals surface area contributed by atoms with E-state index in [1.807, 2.05) is 24.3 Å². The Morgan fingerprint density at radius 2 is 2.12 bits per heavy atom. The van der Waals surface area contributed by atoms with Gasteiger partial charge in [0.15, 0.2) is 0 Å². The summed E-state index contributed by atoms with van der Waals surface area (Å²) >= 11 is -0.821. The number of fused-ring (bicyclic) bond motifs is 1. The molecule has 0 saturated carbocycles. The molecule has 0 saturated heterocycles. The number of hydrogen-bond donors (Lipinski definition) is 1. The van der Waals surface area contributed by atoms with Gasteiger partial charge in [0.25, 0.3) is 0 Å². The van der Waals surface area contributed by atoms with Crippen LogP contribution in [0.2, 0.25) is 0 Å². The topological polar surface area (TPSA) is 83.1 Å². The first kappa shape index (κ1) is 18.5. The second kappa shape index (κ2) is 8.91. The largest absolute Gasteiger partial charge is 0.616 e. The van der Waals surface area contributed by atoms with Gasteiger partial charge in [0.2, 0.25) is 0 Å². The quantitative estimate of drug-likeness (QED) is 0.580. The van der Waals surface area contributed by atoms with Gasteiger partial charge < -0.3 is 19.0 Å². The highest BCUT2D eigenvalue weighted by atomic mass is 32.2. The zero-order chi connectivity index (χ0) is 18.4. The molecule has 7 heteroatoms. The van der Waals surface area contributed by atoms with Gasteiger partial charge in [-0.2, -0.15) is 0 Å². The number of imidazole rings is 1. The molecule has 1 atom stereocenters. The molecule has 26 heavy (non-hydrogen) atoms. The molecule has 0 amide bonds. The van der Waals surface area contributed by atoms with Crippen molar-refractivity contribution in [1.82, 2.24) is 15.0 Å². The van der Waals surface area contributed by atoms with Crippen LogP contribution in [0.1, 0.15) is 19.8 Å². The predicted octanol–water partition coefficient (Wildman–Crippen LogP) is 3.56. The molecular weight excluding hydrogens is 350 g/mol. The van der Waals surface area contributed by atoms with Crippen LogP contribution in [0.3, 0.4) is 0 Å². The Bertz CT molecular complexity index is 820. The Hall–Kier alpha value is -2.25. The number of nitrogens with one attached hydrogen (secondary N) is 1. The van der Waals surface area contributed by atoms with Crippen LogP contribution in [0.4, 0.5) is 0 Å². The monoisotopic (exact) mass is 373 g/mol. The van der Waals surface area contributed by atoms with E-state index in [1.54, 1.807) is 19.5 Å². The van der Waals surface area contributed by atoms with Crippen LogP contribution in [0.15, 0.2) is 36.7 Å². The summed E-state index contributed by atoms with van der Waals surface area (Å²) in [4.78, 5) is 11.9. The normalized spacial score (nSPS) is 12.3. The molecular formula is C19H23N3O3S. The van der Waals surface area contributed by atoms with E-state index in [1.165, 1.54) is 0 Å². The van der Waals surface area contributed by atoms with Gasteiger partial charge in [-0.3, -0.25) is 4.98 Å². The lowest BCUT2D eigenvalue weighted by atomic mass is 10.2. The first-order chi connectivity index (χ1) is 12.7. The Balaban J connectivity index is 1.69. The van der Waals surface area contributed by atoms with Crippen molar-refractivity contribution in [1.29, 1.82) is 0 Å². The third-order valence-electron chi connectivity index (χ3n) is 4.02. The molecule has 2 aromatic heterocycles. The number of nitrogens with zero attached hydrogens (tertiary/aromatic N) is 2. The third-order valence-corrected chi connectivity index (χ3v) is 5.38. The standard InChI is InChI=1S/C19H23N3O3S/c1-3-4-10-26(23)11-9-25-14-5-6-15(18(12-14)24-2)19-21-16-7-8-20-13-17(16)22-19/h5-8,12-13H,3-4,9-11H2,1-2H3,(H,21,22). The van der Waals surface area contributed by atoms with Crippen molar-refractivity contribution >= 4 is 22.2 Å². The van der Waals surface area contributed by atoms with Crippen molar-refractivity contribution in [2.24, 2.45) is 0 Å². The van der Waals surface area contributed by atoms with Crippen LogP contribution in [0.5, 0.6) is 11.5 Å². The zero-order valence-corrected chi connectivity index (χ0v) is 15.8. The Kier molecular flexibility index (Phi) is 6.35. The summed E-state index contributed by atoms with van der Waals surface area (Å²) in [5.74, 6) is 3.36. The van der Waals surface area contributed by atoms with E-state index in [-0.39, 0.29) is 0 Å². The Morgan fingerprint density at radius 3 is 2.88 bits per heavy atom. The van der Waals surface area contributed by atoms with E-state index in [4.69, 9.17) is 9.47 Å². The second-order valence-corrected chi connectivity index (χ2v) is 7.59. The van der Waals surface area contributed by atoms with Crippen LogP contribution in [0.25, 0.3) is 22.4 Å². The molecule has 2 heterocycles. The average Bonchev–Trinajstić information content (AvgIpc) is 3.10. The number of aromatic nitrogens is 3. The first-order valence-electron chi connectivity index (χ1n) is 8.67. The molecule has 1 aromatic carbocycles. The minimum Gasteiger partial charge on any atom is -0.616 e. The van der Waals surface area contributed by atoms with Crippen molar-refractivity contribution in [3.8, 4) is 22.9 Å². The molecule has 0 fully saturated rings. The molecule has 1 N–H and O–H groups in total. The number of H-pyrrole nitrogens is 1. The molecule has 0 radical (unpaired) electrons. The molecule has 138 valence electrons. The molecule has 3 rings (SSSR count). The van der Waals surface area contributed by atoms with Crippen LogP contribution >= 0.6 is 0 Å². The van der Waals surface area contributed by atoms with Crippen molar-refractivity contribution in [3.63, 3.8) is 0 Å². The average molecular weight is 373 g/mol. The predicted molar refractivity (Wildman–Crippen MR) is 104 cm³/mol. The van der Waals surface area contributed by atoms with E-state index in [0.717, 1.165) is 41.0 Å². The fraction of sp³-hybridized carbons (Fsp3) is 0.368. The number of aromatic amines is 1. The van der Waals surface area contributed by atoms with Crippen molar-refractivity contribution in [2.45, 2.75) is 19.8 Å². The van der Waals surface area contributed by atoms with Gasteiger partial charge in [-0.05, 0) is 24.6 Å². The van der Waals surface area contributed by atoms with Crippen molar-refractivity contribution in [2.75, 3.05) is 25.2 Å². The number of rotatable bonds is 9. The number of benzene rings is 1. The van der Waals surface area contributed by atoms with Gasteiger partial charge in [-0.15, -0.1) is 0 Å². The summed E-state index contributed by atoms with van der Waals surface area (Å²) in [5, 5.41) is 0. The van der Waals surface area contributed by atoms with Gasteiger partial charge in [0.1, 0.15) is 41.0 Å². The SMILES string of the molecule is CCCC[S+]([O-])CCOc1ccc(-c2nc3cnccc3[nH]2)c(OC)c1. The summed E-state index contributed by atoms with van der Waals surface area (Å²) in [5.41, 5.74) is 2.58. The summed E-state index contributed by atoms with van der Waals surface area (Å²) < 4.78 is 23.1. The maximum Gasteiger partial charge on any atom is 0.142 e. The highest BCUT2D eigenvalue weighted by Crippen LogP contribution is 2.32. The summed E-state index contributed by atoms with van der Waals surface area (Å²) in [7, 11) is 1.62. The highest BCUT2D eigenvalue weighted by Gasteiger charge is 2.13. The maximum absolute atomic E-state index is 11.8. The van der Waals surface area contributed by atoms with Gasteiger partial charge in [0, 0.05) is 12.3 Å². The summed E-state index contributed by atoms with van der Waals surface area (Å²) in [6.45, 7) is 2.52. The minimum absolute atomic E-state index is 0.426. The lowest BCUT2D eigenvalue weighted by molar-refractivity contribution is 0.337. The van der Waals surface area contributed by atoms with E-state index < -0.39 is 11.2 Å². The minimum atomic E-state index is -0.821. The fourth-order valence-corrected chi connectivity index (χ4v) is 3.69. The first-order valence-corrected chi connectivity index (χ1v) is 10.2. The number of methoxy groups -OCH3 is 1. The number of unbranched alkanes of at least 4 members (excludes halogenated alkanes) is 1. The van der Waals surface area contributed by atoms with Crippen LogP contribution in [-0.2, 0) is 11.2 Å². The summed E-state index contributed by atoms with van der Waals surface area (Å²) in [6, 6.07) is 7.50. The van der Waals surface area contributed by atoms with Crippen LogP contribution < -0.4 is 9.47 Å². The molecule has 0 aliphatic carbocycles. The van der Waals surface area contributed by atoms with E-state index in [9.17, 15) is 4.55 Å². The lowest BCUT2D eigenvalue weighted by Crippen LogP contribution is -2.17. The Morgan fingerprint density at radius 1 is 1.23 bits per heavy atom. The van der Waals surface area contributed by atoms with E-state index in [0.29, 0.717) is 23.9 Å². The molecule has 3 aromatic rings. The molecule has 0 spiro atoms. The van der Waals surface area contributed by atoms with Gasteiger partial charge in [0.05, 0.1) is 24.4 Å². The number of hydrogen-bond acceptors (Lipinski definition) is 5. The van der Waals surface area contributed by atoms with Crippen LogP contribution in [0, 0.1) is 0 Å². The zero-order valence-electron chi connectivity index (χ0n) is 15.0. The Labute approximate surface area is 156 Å². The molecule has 0 aliphatic rings. The highest BCUT2D eigenvalue weighted by molar-refractivity contribution is 7.91. The lowest BCUT2D eigenvalue weighted by Gasteiger charge is -2.13. The fourth-order valence-electron chi connectivity index (χ4n) is 2.60. The van der Waals surface area contributed by atoms with Gasteiger partial charge in [-0.1, -0.05) is 24.5 Å². The molecule has 0 aliphatic heterocycles. The number of pyridine rings is 1. The van der Waals surface area contributed by atoms with Gasteiger partial charge >= 0.3 is 0 Å². The van der Waals surface area contributed by atoms with Crippen LogP contribution in [-0.4, -0.2) is 44.7 Å². The number of ether oxygens (including phenoxy) is 2. The maximum atomic E-state index is 11.8. The molecule has 6 nitrogen and oxygen atoms in total. The van der Waals surface area contributed by atoms with Crippen molar-refractivity contribution in [3.05, 3.63) is 36.7 Å².